The lowest BCUT2D eigenvalue weighted by Crippen LogP contribution is -2.34. The number of halogens is 4. The van der Waals surface area contributed by atoms with Crippen molar-refractivity contribution in [2.45, 2.75) is 26.1 Å². The Morgan fingerprint density at radius 2 is 1.92 bits per heavy atom. The first-order chi connectivity index (χ1) is 18.5. The summed E-state index contributed by atoms with van der Waals surface area (Å²) in [6.45, 7) is 7.81. The Balaban J connectivity index is 1.81. The molecule has 1 heterocycles. The van der Waals surface area contributed by atoms with Crippen LogP contribution in [-0.2, 0) is 12.7 Å². The fourth-order valence-corrected chi connectivity index (χ4v) is 3.98. The van der Waals surface area contributed by atoms with Crippen LogP contribution in [0.25, 0.3) is 0 Å². The van der Waals surface area contributed by atoms with Crippen LogP contribution in [0.1, 0.15) is 34.8 Å². The number of hydrogen-bond donors (Lipinski definition) is 3. The highest BCUT2D eigenvalue weighted by Gasteiger charge is 2.34. The first kappa shape index (κ1) is 29.7. The van der Waals surface area contributed by atoms with Crippen LogP contribution in [0.5, 0.6) is 0 Å². The number of amides is 1. The number of hydrogen-bond acceptors (Lipinski definition) is 5. The van der Waals surface area contributed by atoms with E-state index in [1.54, 1.807) is 42.2 Å². The van der Waals surface area contributed by atoms with Crippen molar-refractivity contribution in [3.8, 4) is 0 Å². The van der Waals surface area contributed by atoms with Crippen LogP contribution in [0, 0.1) is 5.82 Å². The van der Waals surface area contributed by atoms with Crippen molar-refractivity contribution in [2.75, 3.05) is 45.6 Å². The standard InChI is InChI=1S/C28H34F4N6O/c1-5-25(35-23-10-7-20(8-11-23)27(39)34-14-16-37(3)4)36-26-19(2)33-13-6-15-38(26)18-21-17-22(29)9-12-24(21)28(30,31)32/h5,7-12,17,33,35H,2,6,13-16,18H2,1,3-4H3,(H,34,39)/b25-5-,36-26?. The number of nitrogens with one attached hydrogen (secondary N) is 3. The number of benzene rings is 2. The smallest absolute Gasteiger partial charge is 0.382 e. The van der Waals surface area contributed by atoms with Crippen LogP contribution >= 0.6 is 0 Å². The summed E-state index contributed by atoms with van der Waals surface area (Å²) in [5, 5.41) is 9.17. The highest BCUT2D eigenvalue weighted by atomic mass is 19.4. The summed E-state index contributed by atoms with van der Waals surface area (Å²) >= 11 is 0. The molecule has 2 aromatic rings. The number of allylic oxidation sites excluding steroid dienone is 1. The Labute approximate surface area is 226 Å². The summed E-state index contributed by atoms with van der Waals surface area (Å²) in [4.78, 5) is 20.6. The fourth-order valence-electron chi connectivity index (χ4n) is 3.98. The van der Waals surface area contributed by atoms with Crippen molar-refractivity contribution in [3.63, 3.8) is 0 Å². The van der Waals surface area contributed by atoms with Gasteiger partial charge in [0.05, 0.1) is 11.3 Å². The van der Waals surface area contributed by atoms with Crippen LogP contribution < -0.4 is 16.0 Å². The van der Waals surface area contributed by atoms with E-state index < -0.39 is 17.6 Å². The fraction of sp³-hybridized carbons (Fsp3) is 0.357. The number of alkyl halides is 3. The number of amidine groups is 1. The first-order valence-corrected chi connectivity index (χ1v) is 12.6. The molecule has 0 atom stereocenters. The van der Waals surface area contributed by atoms with Gasteiger partial charge in [0.25, 0.3) is 5.91 Å². The van der Waals surface area contributed by atoms with Gasteiger partial charge in [0, 0.05) is 44.0 Å². The van der Waals surface area contributed by atoms with E-state index in [-0.39, 0.29) is 18.0 Å². The van der Waals surface area contributed by atoms with Crippen molar-refractivity contribution in [1.82, 2.24) is 20.4 Å². The van der Waals surface area contributed by atoms with E-state index in [4.69, 9.17) is 0 Å². The molecule has 1 aliphatic heterocycles. The maximum atomic E-state index is 13.9. The van der Waals surface area contributed by atoms with Crippen molar-refractivity contribution < 1.29 is 22.4 Å². The van der Waals surface area contributed by atoms with Gasteiger partial charge in [-0.05, 0) is 81.5 Å². The molecular formula is C28H34F4N6O. The molecule has 210 valence electrons. The van der Waals surface area contributed by atoms with Crippen LogP contribution in [-0.4, -0.2) is 61.8 Å². The molecule has 1 amide bonds. The van der Waals surface area contributed by atoms with E-state index in [1.807, 2.05) is 19.0 Å². The van der Waals surface area contributed by atoms with E-state index in [0.717, 1.165) is 24.7 Å². The third kappa shape index (κ3) is 8.57. The quantitative estimate of drug-likeness (QED) is 0.394. The number of aliphatic imine (C=N–C) groups is 1. The van der Waals surface area contributed by atoms with Gasteiger partial charge in [0.15, 0.2) is 5.84 Å². The Morgan fingerprint density at radius 1 is 1.21 bits per heavy atom. The van der Waals surface area contributed by atoms with Crippen LogP contribution in [0.15, 0.2) is 71.6 Å². The molecule has 3 N–H and O–H groups in total. The summed E-state index contributed by atoms with van der Waals surface area (Å²) in [5.41, 5.74) is 0.556. The van der Waals surface area contributed by atoms with Crippen molar-refractivity contribution in [1.29, 1.82) is 0 Å². The molecule has 39 heavy (non-hydrogen) atoms. The molecule has 1 saturated heterocycles. The van der Waals surface area contributed by atoms with E-state index >= 15 is 0 Å². The first-order valence-electron chi connectivity index (χ1n) is 12.6. The average Bonchev–Trinajstić information content (AvgIpc) is 3.04. The summed E-state index contributed by atoms with van der Waals surface area (Å²) in [5.74, 6) is -0.142. The van der Waals surface area contributed by atoms with Gasteiger partial charge < -0.3 is 25.8 Å². The highest BCUT2D eigenvalue weighted by Crippen LogP contribution is 2.33. The molecule has 0 radical (unpaired) electrons. The number of carbonyl (C=O) groups is 1. The number of anilines is 1. The van der Waals surface area contributed by atoms with Gasteiger partial charge in [-0.1, -0.05) is 6.58 Å². The number of rotatable bonds is 9. The molecular weight excluding hydrogens is 512 g/mol. The maximum Gasteiger partial charge on any atom is 0.416 e. The van der Waals surface area contributed by atoms with Crippen molar-refractivity contribution >= 4 is 17.4 Å². The molecule has 0 saturated carbocycles. The van der Waals surface area contributed by atoms with Gasteiger partial charge in [0.1, 0.15) is 11.6 Å². The minimum atomic E-state index is -4.62. The van der Waals surface area contributed by atoms with E-state index in [0.29, 0.717) is 54.7 Å². The van der Waals surface area contributed by atoms with Gasteiger partial charge in [-0.15, -0.1) is 0 Å². The van der Waals surface area contributed by atoms with Crippen molar-refractivity contribution in [3.05, 3.63) is 89.1 Å². The van der Waals surface area contributed by atoms with E-state index in [2.05, 4.69) is 27.5 Å². The third-order valence-corrected chi connectivity index (χ3v) is 6.01. The lowest BCUT2D eigenvalue weighted by molar-refractivity contribution is -0.138. The SMILES string of the molecule is C=C1NCCCN(Cc2cc(F)ccc2C(F)(F)F)C1=N/C(=C\C)Nc1ccc(C(=O)NCCN(C)C)cc1. The van der Waals surface area contributed by atoms with Gasteiger partial charge in [0.2, 0.25) is 0 Å². The molecule has 1 aliphatic rings. The minimum Gasteiger partial charge on any atom is -0.382 e. The van der Waals surface area contributed by atoms with E-state index in [1.165, 1.54) is 0 Å². The molecule has 0 unspecified atom stereocenters. The molecule has 0 spiro atoms. The zero-order chi connectivity index (χ0) is 28.6. The zero-order valence-electron chi connectivity index (χ0n) is 22.3. The normalized spacial score (nSPS) is 15.8. The number of likely N-dealkylation sites (N-methyl/N-ethyl adjacent to an activating group) is 1. The van der Waals surface area contributed by atoms with Crippen molar-refractivity contribution in [2.24, 2.45) is 4.99 Å². The number of carbonyl (C=O) groups excluding carboxylic acids is 1. The Bertz CT molecular complexity index is 1220. The lowest BCUT2D eigenvalue weighted by Gasteiger charge is -2.26. The highest BCUT2D eigenvalue weighted by molar-refractivity contribution is 5.98. The zero-order valence-corrected chi connectivity index (χ0v) is 22.3. The predicted molar refractivity (Wildman–Crippen MR) is 146 cm³/mol. The predicted octanol–water partition coefficient (Wildman–Crippen LogP) is 4.82. The minimum absolute atomic E-state index is 0.179. The molecule has 0 bridgehead atoms. The lowest BCUT2D eigenvalue weighted by atomic mass is 10.1. The third-order valence-electron chi connectivity index (χ3n) is 6.01. The topological polar surface area (TPSA) is 72.0 Å². The molecule has 2 aromatic carbocycles. The molecule has 3 rings (SSSR count). The second-order valence-electron chi connectivity index (χ2n) is 9.35. The van der Waals surface area contributed by atoms with Crippen LogP contribution in [0.2, 0.25) is 0 Å². The molecule has 11 heteroatoms. The van der Waals surface area contributed by atoms with Crippen LogP contribution in [0.3, 0.4) is 0 Å². The van der Waals surface area contributed by atoms with Crippen LogP contribution in [0.4, 0.5) is 23.2 Å². The Morgan fingerprint density at radius 3 is 2.56 bits per heavy atom. The largest absolute Gasteiger partial charge is 0.416 e. The molecule has 7 nitrogen and oxygen atoms in total. The summed E-state index contributed by atoms with van der Waals surface area (Å²) in [6, 6.07) is 9.34. The monoisotopic (exact) mass is 546 g/mol. The van der Waals surface area contributed by atoms with Gasteiger partial charge >= 0.3 is 6.18 Å². The molecule has 0 aromatic heterocycles. The van der Waals surface area contributed by atoms with E-state index in [9.17, 15) is 22.4 Å². The van der Waals surface area contributed by atoms with Gasteiger partial charge in [-0.3, -0.25) is 4.79 Å². The Hall–Kier alpha value is -3.86. The molecule has 1 fully saturated rings. The summed E-state index contributed by atoms with van der Waals surface area (Å²) in [7, 11) is 3.85. The second kappa shape index (κ2) is 13.3. The second-order valence-corrected chi connectivity index (χ2v) is 9.35. The van der Waals surface area contributed by atoms with Gasteiger partial charge in [-0.2, -0.15) is 13.2 Å². The summed E-state index contributed by atoms with van der Waals surface area (Å²) in [6.07, 6.45) is -2.27. The average molecular weight is 547 g/mol. The summed E-state index contributed by atoms with van der Waals surface area (Å²) < 4.78 is 54.8. The maximum absolute atomic E-state index is 13.9. The Kier molecular flexibility index (Phi) is 10.1. The molecule has 0 aliphatic carbocycles. The van der Waals surface area contributed by atoms with Gasteiger partial charge in [-0.25, -0.2) is 9.38 Å². The number of nitrogens with zero attached hydrogens (tertiary/aromatic N) is 3.